The Hall–Kier alpha value is -0.780. The summed E-state index contributed by atoms with van der Waals surface area (Å²) in [6, 6.07) is 10.5. The van der Waals surface area contributed by atoms with E-state index in [1.165, 1.54) is 12.0 Å². The van der Waals surface area contributed by atoms with Crippen LogP contribution in [-0.4, -0.2) is 0 Å². The SMILES string of the molecule is C.CCC.CCc1ccccc1. The van der Waals surface area contributed by atoms with Gasteiger partial charge in [0.05, 0.1) is 0 Å². The Morgan fingerprint density at radius 3 is 1.58 bits per heavy atom. The lowest BCUT2D eigenvalue weighted by Crippen LogP contribution is -1.73. The Balaban J connectivity index is 0. The monoisotopic (exact) mass is 166 g/mol. The van der Waals surface area contributed by atoms with E-state index in [1.807, 2.05) is 6.07 Å². The van der Waals surface area contributed by atoms with E-state index in [0.29, 0.717) is 0 Å². The first-order valence-corrected chi connectivity index (χ1v) is 4.39. The van der Waals surface area contributed by atoms with E-state index < -0.39 is 0 Å². The standard InChI is InChI=1S/C8H10.C3H8.CH4/c1-2-8-6-4-3-5-7-8;1-3-2;/h3-7H,2H2,1H3;3H2,1-2H3;1H4. The molecule has 0 nitrogen and oxygen atoms in total. The van der Waals surface area contributed by atoms with Gasteiger partial charge >= 0.3 is 0 Å². The molecule has 0 fully saturated rings. The summed E-state index contributed by atoms with van der Waals surface area (Å²) in [4.78, 5) is 0. The molecule has 0 aromatic heterocycles. The van der Waals surface area contributed by atoms with Crippen LogP contribution >= 0.6 is 0 Å². The summed E-state index contributed by atoms with van der Waals surface area (Å²) in [7, 11) is 0. The van der Waals surface area contributed by atoms with Crippen molar-refractivity contribution in [3.8, 4) is 0 Å². The Labute approximate surface area is 77.6 Å². The van der Waals surface area contributed by atoms with Gasteiger partial charge in [0.1, 0.15) is 0 Å². The highest BCUT2D eigenvalue weighted by Gasteiger charge is 1.79. The Kier molecular flexibility index (Phi) is 11.7. The maximum atomic E-state index is 2.16. The second kappa shape index (κ2) is 10.2. The third-order valence-electron chi connectivity index (χ3n) is 1.25. The van der Waals surface area contributed by atoms with Crippen LogP contribution < -0.4 is 0 Å². The van der Waals surface area contributed by atoms with Crippen LogP contribution in [0.5, 0.6) is 0 Å². The molecule has 0 aliphatic heterocycles. The van der Waals surface area contributed by atoms with Gasteiger partial charge in [0, 0.05) is 0 Å². The van der Waals surface area contributed by atoms with Crippen molar-refractivity contribution >= 4 is 0 Å². The topological polar surface area (TPSA) is 0 Å². The molecule has 0 amide bonds. The predicted molar refractivity (Wildman–Crippen MR) is 58.5 cm³/mol. The minimum Gasteiger partial charge on any atom is -0.0776 e. The lowest BCUT2D eigenvalue weighted by Gasteiger charge is -1.89. The first kappa shape index (κ1) is 13.8. The molecule has 1 aromatic carbocycles. The second-order valence-corrected chi connectivity index (χ2v) is 2.55. The lowest BCUT2D eigenvalue weighted by atomic mass is 10.2. The van der Waals surface area contributed by atoms with E-state index in [2.05, 4.69) is 45.0 Å². The van der Waals surface area contributed by atoms with E-state index in [4.69, 9.17) is 0 Å². The molecule has 0 heteroatoms. The zero-order valence-corrected chi connectivity index (χ0v) is 7.80. The van der Waals surface area contributed by atoms with Crippen molar-refractivity contribution in [3.63, 3.8) is 0 Å². The molecule has 0 aliphatic carbocycles. The third kappa shape index (κ3) is 7.33. The van der Waals surface area contributed by atoms with E-state index in [1.54, 1.807) is 0 Å². The van der Waals surface area contributed by atoms with Crippen LogP contribution in [0.2, 0.25) is 0 Å². The molecule has 0 N–H and O–H groups in total. The molecule has 1 rings (SSSR count). The van der Waals surface area contributed by atoms with E-state index in [0.717, 1.165) is 6.42 Å². The smallest absolute Gasteiger partial charge is 0.0307 e. The molecule has 12 heavy (non-hydrogen) atoms. The van der Waals surface area contributed by atoms with Crippen LogP contribution in [0.15, 0.2) is 30.3 Å². The van der Waals surface area contributed by atoms with Gasteiger partial charge in [-0.3, -0.25) is 0 Å². The van der Waals surface area contributed by atoms with Crippen molar-refractivity contribution in [1.29, 1.82) is 0 Å². The molecule has 0 unspecified atom stereocenters. The number of hydrogen-bond donors (Lipinski definition) is 0. The minimum atomic E-state index is 0. The lowest BCUT2D eigenvalue weighted by molar-refractivity contribution is 1.09. The van der Waals surface area contributed by atoms with Crippen molar-refractivity contribution in [2.24, 2.45) is 0 Å². The third-order valence-corrected chi connectivity index (χ3v) is 1.25. The molecule has 0 aliphatic rings. The minimum absolute atomic E-state index is 0. The first-order chi connectivity index (χ1) is 5.35. The summed E-state index contributed by atoms with van der Waals surface area (Å²) in [5.74, 6) is 0. The molecule has 0 radical (unpaired) electrons. The summed E-state index contributed by atoms with van der Waals surface area (Å²) in [5.41, 5.74) is 1.41. The van der Waals surface area contributed by atoms with Crippen LogP contribution in [0, 0.1) is 0 Å². The van der Waals surface area contributed by atoms with Crippen molar-refractivity contribution < 1.29 is 0 Å². The van der Waals surface area contributed by atoms with E-state index >= 15 is 0 Å². The van der Waals surface area contributed by atoms with Gasteiger partial charge in [-0.1, -0.05) is 65.0 Å². The van der Waals surface area contributed by atoms with Gasteiger partial charge in [-0.15, -0.1) is 0 Å². The van der Waals surface area contributed by atoms with E-state index in [-0.39, 0.29) is 7.43 Å². The predicted octanol–water partition coefficient (Wildman–Crippen LogP) is 4.30. The average Bonchev–Trinajstić information content (AvgIpc) is 2.08. The Bertz CT molecular complexity index is 153. The Morgan fingerprint density at radius 1 is 0.917 bits per heavy atom. The van der Waals surface area contributed by atoms with Crippen molar-refractivity contribution in [2.45, 2.75) is 41.0 Å². The molecular formula is C12H22. The fourth-order valence-corrected chi connectivity index (χ4v) is 0.714. The van der Waals surface area contributed by atoms with Crippen LogP contribution in [0.25, 0.3) is 0 Å². The number of hydrogen-bond acceptors (Lipinski definition) is 0. The summed E-state index contributed by atoms with van der Waals surface area (Å²) >= 11 is 0. The van der Waals surface area contributed by atoms with Gasteiger partial charge in [0.25, 0.3) is 0 Å². The number of rotatable bonds is 1. The van der Waals surface area contributed by atoms with Crippen molar-refractivity contribution in [3.05, 3.63) is 35.9 Å². The highest BCUT2D eigenvalue weighted by atomic mass is 13.9. The molecule has 1 aromatic rings. The van der Waals surface area contributed by atoms with Crippen LogP contribution in [0.3, 0.4) is 0 Å². The second-order valence-electron chi connectivity index (χ2n) is 2.55. The van der Waals surface area contributed by atoms with Gasteiger partial charge in [0.2, 0.25) is 0 Å². The maximum Gasteiger partial charge on any atom is -0.0307 e. The normalized spacial score (nSPS) is 7.58. The fraction of sp³-hybridized carbons (Fsp3) is 0.500. The van der Waals surface area contributed by atoms with Crippen LogP contribution in [0.4, 0.5) is 0 Å². The summed E-state index contributed by atoms with van der Waals surface area (Å²) in [6.07, 6.45) is 2.39. The largest absolute Gasteiger partial charge is 0.0776 e. The summed E-state index contributed by atoms with van der Waals surface area (Å²) in [6.45, 7) is 6.41. The van der Waals surface area contributed by atoms with Crippen LogP contribution in [0.1, 0.15) is 40.2 Å². The molecular weight excluding hydrogens is 144 g/mol. The Morgan fingerprint density at radius 2 is 1.33 bits per heavy atom. The molecule has 0 heterocycles. The molecule has 0 atom stereocenters. The van der Waals surface area contributed by atoms with Gasteiger partial charge in [-0.2, -0.15) is 0 Å². The molecule has 0 bridgehead atoms. The maximum absolute atomic E-state index is 2.16. The zero-order valence-electron chi connectivity index (χ0n) is 7.80. The fourth-order valence-electron chi connectivity index (χ4n) is 0.714. The highest BCUT2D eigenvalue weighted by Crippen LogP contribution is 1.96. The van der Waals surface area contributed by atoms with Gasteiger partial charge in [-0.25, -0.2) is 0 Å². The van der Waals surface area contributed by atoms with Gasteiger partial charge < -0.3 is 0 Å². The molecule has 70 valence electrons. The summed E-state index contributed by atoms with van der Waals surface area (Å²) in [5, 5.41) is 0. The molecule has 0 saturated carbocycles. The average molecular weight is 166 g/mol. The highest BCUT2D eigenvalue weighted by molar-refractivity contribution is 5.13. The van der Waals surface area contributed by atoms with Crippen LogP contribution in [-0.2, 0) is 6.42 Å². The number of aryl methyl sites for hydroxylation is 1. The molecule has 0 saturated heterocycles. The van der Waals surface area contributed by atoms with E-state index in [9.17, 15) is 0 Å². The zero-order chi connectivity index (χ0) is 8.53. The number of benzene rings is 1. The summed E-state index contributed by atoms with van der Waals surface area (Å²) < 4.78 is 0. The van der Waals surface area contributed by atoms with Gasteiger partial charge in [-0.05, 0) is 12.0 Å². The van der Waals surface area contributed by atoms with Gasteiger partial charge in [0.15, 0.2) is 0 Å². The first-order valence-electron chi connectivity index (χ1n) is 4.39. The van der Waals surface area contributed by atoms with Crippen molar-refractivity contribution in [2.75, 3.05) is 0 Å². The quantitative estimate of drug-likeness (QED) is 0.583. The van der Waals surface area contributed by atoms with Crippen molar-refractivity contribution in [1.82, 2.24) is 0 Å². The molecule has 0 spiro atoms.